The second-order valence-electron chi connectivity index (χ2n) is 6.61. The van der Waals surface area contributed by atoms with Crippen molar-refractivity contribution in [3.8, 4) is 11.5 Å². The van der Waals surface area contributed by atoms with Gasteiger partial charge in [-0.15, -0.1) is 0 Å². The van der Waals surface area contributed by atoms with Crippen LogP contribution < -0.4 is 14.8 Å². The third kappa shape index (κ3) is 6.16. The van der Waals surface area contributed by atoms with Gasteiger partial charge < -0.3 is 19.5 Å². The number of benzene rings is 2. The highest BCUT2D eigenvalue weighted by Crippen LogP contribution is 2.29. The van der Waals surface area contributed by atoms with Crippen molar-refractivity contribution in [2.75, 3.05) is 19.0 Å². The minimum Gasteiger partial charge on any atom is -0.493 e. The molecule has 150 valence electrons. The lowest BCUT2D eigenvalue weighted by Crippen LogP contribution is -2.30. The van der Waals surface area contributed by atoms with Crippen molar-refractivity contribution in [1.82, 2.24) is 0 Å². The van der Waals surface area contributed by atoms with Gasteiger partial charge >= 0.3 is 5.97 Å². The average molecular weight is 406 g/mol. The summed E-state index contributed by atoms with van der Waals surface area (Å²) in [5.41, 5.74) is 0.825. The summed E-state index contributed by atoms with van der Waals surface area (Å²) in [5, 5.41) is 3.23. The van der Waals surface area contributed by atoms with Gasteiger partial charge in [-0.1, -0.05) is 25.4 Å². The maximum absolute atomic E-state index is 12.4. The Labute approximate surface area is 169 Å². The number of carbonyl (C=O) groups excluding carboxylic acids is 2. The highest BCUT2D eigenvalue weighted by molar-refractivity contribution is 6.30. The van der Waals surface area contributed by atoms with E-state index in [9.17, 15) is 9.59 Å². The third-order valence-electron chi connectivity index (χ3n) is 3.74. The van der Waals surface area contributed by atoms with E-state index in [-0.39, 0.29) is 5.56 Å². The first-order valence-electron chi connectivity index (χ1n) is 8.88. The van der Waals surface area contributed by atoms with Crippen molar-refractivity contribution in [2.45, 2.75) is 26.9 Å². The molecule has 0 heterocycles. The van der Waals surface area contributed by atoms with Crippen LogP contribution in [0.3, 0.4) is 0 Å². The molecule has 0 unspecified atom stereocenters. The van der Waals surface area contributed by atoms with Crippen LogP contribution in [0.2, 0.25) is 5.02 Å². The Morgan fingerprint density at radius 3 is 2.32 bits per heavy atom. The van der Waals surface area contributed by atoms with Gasteiger partial charge in [-0.2, -0.15) is 0 Å². The number of nitrogens with one attached hydrogen (secondary N) is 1. The molecule has 1 amide bonds. The van der Waals surface area contributed by atoms with E-state index < -0.39 is 18.0 Å². The van der Waals surface area contributed by atoms with E-state index in [4.69, 9.17) is 25.8 Å². The average Bonchev–Trinajstić information content (AvgIpc) is 2.67. The molecule has 0 aliphatic heterocycles. The standard InChI is InChI=1S/C21H24ClNO5/c1-13(2)12-27-18-10-5-15(11-19(18)26-4)21(25)28-14(3)20(24)23-17-8-6-16(22)7-9-17/h5-11,13-14H,12H2,1-4H3,(H,23,24)/t14-/m0/s1. The van der Waals surface area contributed by atoms with E-state index in [1.54, 1.807) is 36.4 Å². The van der Waals surface area contributed by atoms with E-state index in [1.165, 1.54) is 20.1 Å². The zero-order valence-corrected chi connectivity index (χ0v) is 17.1. The predicted molar refractivity (Wildman–Crippen MR) is 108 cm³/mol. The summed E-state index contributed by atoms with van der Waals surface area (Å²) in [6, 6.07) is 11.4. The van der Waals surface area contributed by atoms with Crippen LogP contribution >= 0.6 is 11.6 Å². The van der Waals surface area contributed by atoms with Crippen molar-refractivity contribution in [1.29, 1.82) is 0 Å². The molecule has 0 radical (unpaired) electrons. The second-order valence-corrected chi connectivity index (χ2v) is 7.05. The van der Waals surface area contributed by atoms with Crippen LogP contribution in [0.4, 0.5) is 5.69 Å². The predicted octanol–water partition coefficient (Wildman–Crippen LogP) is 4.57. The maximum atomic E-state index is 12.4. The van der Waals surface area contributed by atoms with Gasteiger partial charge in [0.25, 0.3) is 5.91 Å². The number of anilines is 1. The number of amides is 1. The van der Waals surface area contributed by atoms with Crippen molar-refractivity contribution in [3.63, 3.8) is 0 Å². The molecule has 0 fully saturated rings. The molecule has 0 saturated carbocycles. The van der Waals surface area contributed by atoms with Crippen LogP contribution in [0.15, 0.2) is 42.5 Å². The Kier molecular flexibility index (Phi) is 7.70. The molecule has 0 saturated heterocycles. The lowest BCUT2D eigenvalue weighted by Gasteiger charge is -2.15. The van der Waals surface area contributed by atoms with Gasteiger partial charge in [-0.25, -0.2) is 4.79 Å². The van der Waals surface area contributed by atoms with E-state index in [0.29, 0.717) is 34.7 Å². The number of hydrogen-bond donors (Lipinski definition) is 1. The van der Waals surface area contributed by atoms with Gasteiger partial charge in [0.2, 0.25) is 0 Å². The maximum Gasteiger partial charge on any atom is 0.339 e. The Morgan fingerprint density at radius 2 is 1.71 bits per heavy atom. The first kappa shape index (κ1) is 21.6. The van der Waals surface area contributed by atoms with E-state index in [1.807, 2.05) is 13.8 Å². The molecule has 1 atom stereocenters. The van der Waals surface area contributed by atoms with Gasteiger partial charge in [0.05, 0.1) is 19.3 Å². The highest BCUT2D eigenvalue weighted by Gasteiger charge is 2.20. The summed E-state index contributed by atoms with van der Waals surface area (Å²) in [5.74, 6) is 0.246. The molecular formula is C21H24ClNO5. The Balaban J connectivity index is 2.00. The Morgan fingerprint density at radius 1 is 1.04 bits per heavy atom. The highest BCUT2D eigenvalue weighted by atomic mass is 35.5. The monoisotopic (exact) mass is 405 g/mol. The van der Waals surface area contributed by atoms with Crippen LogP contribution in [-0.2, 0) is 9.53 Å². The SMILES string of the molecule is COc1cc(C(=O)O[C@@H](C)C(=O)Nc2ccc(Cl)cc2)ccc1OCC(C)C. The van der Waals surface area contributed by atoms with Crippen LogP contribution in [0.5, 0.6) is 11.5 Å². The number of esters is 1. The molecule has 1 N–H and O–H groups in total. The smallest absolute Gasteiger partial charge is 0.339 e. The van der Waals surface area contributed by atoms with E-state index in [0.717, 1.165) is 0 Å². The lowest BCUT2D eigenvalue weighted by atomic mass is 10.2. The molecule has 2 aromatic rings. The molecule has 0 bridgehead atoms. The fourth-order valence-electron chi connectivity index (χ4n) is 2.23. The lowest BCUT2D eigenvalue weighted by molar-refractivity contribution is -0.123. The molecule has 0 aromatic heterocycles. The molecular weight excluding hydrogens is 382 g/mol. The number of ether oxygens (including phenoxy) is 3. The van der Waals surface area contributed by atoms with Gasteiger partial charge in [-0.05, 0) is 55.3 Å². The molecule has 28 heavy (non-hydrogen) atoms. The number of hydrogen-bond acceptors (Lipinski definition) is 5. The Bertz CT molecular complexity index is 820. The van der Waals surface area contributed by atoms with Crippen molar-refractivity contribution >= 4 is 29.2 Å². The fraction of sp³-hybridized carbons (Fsp3) is 0.333. The van der Waals surface area contributed by atoms with Gasteiger partial charge in [-0.3, -0.25) is 4.79 Å². The van der Waals surface area contributed by atoms with E-state index >= 15 is 0 Å². The summed E-state index contributed by atoms with van der Waals surface area (Å²) in [7, 11) is 1.49. The van der Waals surface area contributed by atoms with Crippen molar-refractivity contribution in [3.05, 3.63) is 53.1 Å². The normalized spacial score (nSPS) is 11.6. The summed E-state index contributed by atoms with van der Waals surface area (Å²) in [4.78, 5) is 24.6. The van der Waals surface area contributed by atoms with Gasteiger partial charge in [0.15, 0.2) is 17.6 Å². The number of methoxy groups -OCH3 is 1. The molecule has 6 nitrogen and oxygen atoms in total. The zero-order valence-electron chi connectivity index (χ0n) is 16.3. The second kappa shape index (κ2) is 9.99. The molecule has 0 aliphatic rings. The largest absolute Gasteiger partial charge is 0.493 e. The summed E-state index contributed by atoms with van der Waals surface area (Å²) < 4.78 is 16.2. The van der Waals surface area contributed by atoms with Crippen LogP contribution in [0, 0.1) is 5.92 Å². The van der Waals surface area contributed by atoms with Crippen LogP contribution in [0.25, 0.3) is 0 Å². The topological polar surface area (TPSA) is 73.9 Å². The minimum atomic E-state index is -0.981. The quantitative estimate of drug-likeness (QED) is 0.651. The molecule has 0 aliphatic carbocycles. The fourth-order valence-corrected chi connectivity index (χ4v) is 2.36. The first-order valence-corrected chi connectivity index (χ1v) is 9.26. The van der Waals surface area contributed by atoms with Gasteiger partial charge in [0.1, 0.15) is 0 Å². The summed E-state index contributed by atoms with van der Waals surface area (Å²) in [6.07, 6.45) is -0.981. The number of halogens is 1. The zero-order chi connectivity index (χ0) is 20.7. The third-order valence-corrected chi connectivity index (χ3v) is 3.99. The van der Waals surface area contributed by atoms with E-state index in [2.05, 4.69) is 5.32 Å². The summed E-state index contributed by atoms with van der Waals surface area (Å²) >= 11 is 5.82. The Hall–Kier alpha value is -2.73. The summed E-state index contributed by atoms with van der Waals surface area (Å²) in [6.45, 7) is 6.10. The van der Waals surface area contributed by atoms with Crippen molar-refractivity contribution in [2.24, 2.45) is 5.92 Å². The molecule has 2 aromatic carbocycles. The molecule has 2 rings (SSSR count). The number of rotatable bonds is 8. The molecule has 7 heteroatoms. The molecule has 0 spiro atoms. The van der Waals surface area contributed by atoms with Gasteiger partial charge in [0, 0.05) is 10.7 Å². The minimum absolute atomic E-state index is 0.264. The van der Waals surface area contributed by atoms with Crippen LogP contribution in [0.1, 0.15) is 31.1 Å². The van der Waals surface area contributed by atoms with Crippen LogP contribution in [-0.4, -0.2) is 31.7 Å². The first-order chi connectivity index (χ1) is 13.3. The number of carbonyl (C=O) groups is 2. The van der Waals surface area contributed by atoms with Crippen molar-refractivity contribution < 1.29 is 23.8 Å².